The molecule has 0 fully saturated rings. The van der Waals surface area contributed by atoms with Crippen LogP contribution in [0.3, 0.4) is 0 Å². The molecule has 0 aliphatic carbocycles. The molecule has 2 rings (SSSR count). The lowest BCUT2D eigenvalue weighted by Crippen LogP contribution is -2.11. The minimum Gasteiger partial charge on any atom is -0.272 e. The summed E-state index contributed by atoms with van der Waals surface area (Å²) in [6.07, 6.45) is 5.75. The Morgan fingerprint density at radius 3 is 2.50 bits per heavy atom. The molecule has 5 heteroatoms. The highest BCUT2D eigenvalue weighted by atomic mass is 15.4. The van der Waals surface area contributed by atoms with Crippen LogP contribution in [0.15, 0.2) is 12.4 Å². The zero-order valence-corrected chi connectivity index (χ0v) is 13.2. The molecule has 5 nitrogen and oxygen atoms in total. The van der Waals surface area contributed by atoms with Crippen LogP contribution >= 0.6 is 0 Å². The first kappa shape index (κ1) is 14.8. The summed E-state index contributed by atoms with van der Waals surface area (Å²) in [7, 11) is 0. The fourth-order valence-corrected chi connectivity index (χ4v) is 2.24. The molecule has 0 aliphatic heterocycles. The molecular formula is C15H25N5. The molecule has 2 heterocycles. The van der Waals surface area contributed by atoms with E-state index in [1.54, 1.807) is 0 Å². The Morgan fingerprint density at radius 1 is 1.20 bits per heavy atom. The lowest BCUT2D eigenvalue weighted by Gasteiger charge is -2.09. The number of rotatable bonds is 6. The maximum atomic E-state index is 4.70. The van der Waals surface area contributed by atoms with Gasteiger partial charge in [-0.3, -0.25) is 4.68 Å². The van der Waals surface area contributed by atoms with E-state index in [2.05, 4.69) is 51.0 Å². The Labute approximate surface area is 121 Å². The Morgan fingerprint density at radius 2 is 1.95 bits per heavy atom. The summed E-state index contributed by atoms with van der Waals surface area (Å²) in [6.45, 7) is 11.6. The van der Waals surface area contributed by atoms with Crippen LogP contribution in [-0.4, -0.2) is 24.5 Å². The number of aryl methyl sites for hydroxylation is 3. The van der Waals surface area contributed by atoms with Crippen LogP contribution < -0.4 is 0 Å². The second-order valence-electron chi connectivity index (χ2n) is 6.11. The van der Waals surface area contributed by atoms with E-state index in [1.165, 1.54) is 5.56 Å². The van der Waals surface area contributed by atoms with Crippen molar-refractivity contribution >= 4 is 0 Å². The summed E-state index contributed by atoms with van der Waals surface area (Å²) in [5, 5.41) is 8.96. The SMILES string of the molecule is Cc1cnn(CCc2nc(CC(C)C)nn2C(C)C)c1. The van der Waals surface area contributed by atoms with Gasteiger partial charge in [-0.25, -0.2) is 9.67 Å². The van der Waals surface area contributed by atoms with Crippen LogP contribution in [-0.2, 0) is 19.4 Å². The highest BCUT2D eigenvalue weighted by Crippen LogP contribution is 2.12. The van der Waals surface area contributed by atoms with Gasteiger partial charge in [0.25, 0.3) is 0 Å². The van der Waals surface area contributed by atoms with Gasteiger partial charge in [0.15, 0.2) is 5.82 Å². The summed E-state index contributed by atoms with van der Waals surface area (Å²) >= 11 is 0. The standard InChI is InChI=1S/C15H25N5/c1-11(2)8-14-17-15(20(18-14)12(3)4)6-7-19-10-13(5)9-16-19/h9-12H,6-8H2,1-5H3. The van der Waals surface area contributed by atoms with E-state index in [9.17, 15) is 0 Å². The van der Waals surface area contributed by atoms with Crippen molar-refractivity contribution in [3.63, 3.8) is 0 Å². The van der Waals surface area contributed by atoms with Gasteiger partial charge < -0.3 is 0 Å². The summed E-state index contributed by atoms with van der Waals surface area (Å²) in [4.78, 5) is 4.70. The quantitative estimate of drug-likeness (QED) is 0.814. The maximum absolute atomic E-state index is 4.70. The van der Waals surface area contributed by atoms with Crippen molar-refractivity contribution in [3.8, 4) is 0 Å². The van der Waals surface area contributed by atoms with Crippen molar-refractivity contribution in [1.29, 1.82) is 0 Å². The van der Waals surface area contributed by atoms with Crippen LogP contribution in [0.25, 0.3) is 0 Å². The van der Waals surface area contributed by atoms with E-state index in [4.69, 9.17) is 4.98 Å². The molecule has 0 N–H and O–H groups in total. The van der Waals surface area contributed by atoms with E-state index in [-0.39, 0.29) is 0 Å². The van der Waals surface area contributed by atoms with Crippen molar-refractivity contribution in [2.45, 2.75) is 60.0 Å². The summed E-state index contributed by atoms with van der Waals surface area (Å²) in [5.74, 6) is 2.60. The van der Waals surface area contributed by atoms with Crippen LogP contribution in [0.1, 0.15) is 50.9 Å². The molecule has 0 saturated carbocycles. The van der Waals surface area contributed by atoms with Crippen molar-refractivity contribution in [2.24, 2.45) is 5.92 Å². The largest absolute Gasteiger partial charge is 0.272 e. The van der Waals surface area contributed by atoms with Crippen LogP contribution in [0.2, 0.25) is 0 Å². The highest BCUT2D eigenvalue weighted by molar-refractivity contribution is 5.00. The topological polar surface area (TPSA) is 48.5 Å². The molecule has 0 bridgehead atoms. The second-order valence-corrected chi connectivity index (χ2v) is 6.11. The monoisotopic (exact) mass is 275 g/mol. The van der Waals surface area contributed by atoms with E-state index in [1.807, 2.05) is 15.6 Å². The third kappa shape index (κ3) is 3.68. The number of nitrogens with zero attached hydrogens (tertiary/aromatic N) is 5. The lowest BCUT2D eigenvalue weighted by atomic mass is 10.1. The van der Waals surface area contributed by atoms with E-state index < -0.39 is 0 Å². The molecule has 0 amide bonds. The third-order valence-corrected chi connectivity index (χ3v) is 3.15. The van der Waals surface area contributed by atoms with Gasteiger partial charge in [-0.15, -0.1) is 0 Å². The first-order chi connectivity index (χ1) is 9.45. The number of aromatic nitrogens is 5. The van der Waals surface area contributed by atoms with E-state index in [0.717, 1.165) is 31.0 Å². The van der Waals surface area contributed by atoms with Gasteiger partial charge in [-0.05, 0) is 32.3 Å². The Bertz CT molecular complexity index is 550. The maximum Gasteiger partial charge on any atom is 0.151 e. The van der Waals surface area contributed by atoms with Crippen LogP contribution in [0, 0.1) is 12.8 Å². The minimum absolute atomic E-state index is 0.345. The van der Waals surface area contributed by atoms with E-state index >= 15 is 0 Å². The predicted octanol–water partition coefficient (Wildman–Crippen LogP) is 2.81. The fourth-order valence-electron chi connectivity index (χ4n) is 2.24. The normalized spacial score (nSPS) is 11.8. The van der Waals surface area contributed by atoms with Gasteiger partial charge in [0.2, 0.25) is 0 Å². The molecule has 0 spiro atoms. The van der Waals surface area contributed by atoms with Crippen LogP contribution in [0.4, 0.5) is 0 Å². The van der Waals surface area contributed by atoms with Gasteiger partial charge in [0.1, 0.15) is 5.82 Å². The van der Waals surface area contributed by atoms with Gasteiger partial charge in [0.05, 0.1) is 6.20 Å². The van der Waals surface area contributed by atoms with Crippen LogP contribution in [0.5, 0.6) is 0 Å². The Hall–Kier alpha value is -1.65. The predicted molar refractivity (Wildman–Crippen MR) is 79.6 cm³/mol. The van der Waals surface area contributed by atoms with Crippen molar-refractivity contribution in [2.75, 3.05) is 0 Å². The smallest absolute Gasteiger partial charge is 0.151 e. The summed E-state index contributed by atoms with van der Waals surface area (Å²) in [5.41, 5.74) is 1.19. The van der Waals surface area contributed by atoms with Gasteiger partial charge in [-0.1, -0.05) is 13.8 Å². The zero-order chi connectivity index (χ0) is 14.7. The zero-order valence-electron chi connectivity index (χ0n) is 13.2. The summed E-state index contributed by atoms with van der Waals surface area (Å²) < 4.78 is 4.02. The molecule has 0 unspecified atom stereocenters. The number of hydrogen-bond acceptors (Lipinski definition) is 3. The molecule has 0 atom stereocenters. The molecule has 0 radical (unpaired) electrons. The third-order valence-electron chi connectivity index (χ3n) is 3.15. The second kappa shape index (κ2) is 6.20. The van der Waals surface area contributed by atoms with Gasteiger partial charge in [-0.2, -0.15) is 10.2 Å². The summed E-state index contributed by atoms with van der Waals surface area (Å²) in [6, 6.07) is 0.345. The Balaban J connectivity index is 2.10. The van der Waals surface area contributed by atoms with Crippen molar-refractivity contribution < 1.29 is 0 Å². The van der Waals surface area contributed by atoms with E-state index in [0.29, 0.717) is 12.0 Å². The lowest BCUT2D eigenvalue weighted by molar-refractivity contribution is 0.483. The molecule has 0 saturated heterocycles. The Kier molecular flexibility index (Phi) is 4.57. The average Bonchev–Trinajstić information content (AvgIpc) is 2.92. The molecule has 0 aliphatic rings. The molecular weight excluding hydrogens is 250 g/mol. The first-order valence-electron chi connectivity index (χ1n) is 7.39. The molecule has 20 heavy (non-hydrogen) atoms. The molecule has 110 valence electrons. The fraction of sp³-hybridized carbons (Fsp3) is 0.667. The average molecular weight is 275 g/mol. The minimum atomic E-state index is 0.345. The van der Waals surface area contributed by atoms with Gasteiger partial charge >= 0.3 is 0 Å². The van der Waals surface area contributed by atoms with Crippen molar-refractivity contribution in [3.05, 3.63) is 29.6 Å². The molecule has 2 aromatic heterocycles. The highest BCUT2D eigenvalue weighted by Gasteiger charge is 2.13. The number of hydrogen-bond donors (Lipinski definition) is 0. The first-order valence-corrected chi connectivity index (χ1v) is 7.39. The molecule has 0 aromatic carbocycles. The van der Waals surface area contributed by atoms with Gasteiger partial charge in [0, 0.05) is 31.6 Å². The molecule has 2 aromatic rings. The van der Waals surface area contributed by atoms with Crippen molar-refractivity contribution in [1.82, 2.24) is 24.5 Å².